The van der Waals surface area contributed by atoms with Crippen molar-refractivity contribution in [3.05, 3.63) is 34.9 Å². The fraction of sp³-hybridized carbons (Fsp3) is 0.571. The maximum atomic E-state index is 9.73. The van der Waals surface area contributed by atoms with E-state index in [-0.39, 0.29) is 6.10 Å². The monoisotopic (exact) mass is 219 g/mol. The summed E-state index contributed by atoms with van der Waals surface area (Å²) in [5.41, 5.74) is 4.05. The number of hydrogen-bond acceptors (Lipinski definition) is 2. The molecular formula is C14H21NO. The molecular weight excluding hydrogens is 198 g/mol. The number of benzene rings is 1. The first-order chi connectivity index (χ1) is 7.68. The Morgan fingerprint density at radius 2 is 2.12 bits per heavy atom. The van der Waals surface area contributed by atoms with E-state index in [2.05, 4.69) is 37.4 Å². The van der Waals surface area contributed by atoms with Gasteiger partial charge < -0.3 is 10.4 Å². The summed E-state index contributed by atoms with van der Waals surface area (Å²) in [5, 5.41) is 13.2. The zero-order valence-electron chi connectivity index (χ0n) is 10.2. The van der Waals surface area contributed by atoms with Crippen LogP contribution >= 0.6 is 0 Å². The fourth-order valence-corrected chi connectivity index (χ4v) is 2.42. The van der Waals surface area contributed by atoms with Crippen molar-refractivity contribution in [2.24, 2.45) is 0 Å². The summed E-state index contributed by atoms with van der Waals surface area (Å²) < 4.78 is 0. The number of aliphatic hydroxyl groups excluding tert-OH is 1. The molecule has 2 nitrogen and oxygen atoms in total. The van der Waals surface area contributed by atoms with Gasteiger partial charge >= 0.3 is 0 Å². The van der Waals surface area contributed by atoms with Crippen LogP contribution in [0.4, 0.5) is 0 Å². The lowest BCUT2D eigenvalue weighted by atomic mass is 10.0. The summed E-state index contributed by atoms with van der Waals surface area (Å²) in [7, 11) is 0. The molecule has 1 aromatic carbocycles. The van der Waals surface area contributed by atoms with Crippen molar-refractivity contribution in [2.45, 2.75) is 51.8 Å². The van der Waals surface area contributed by atoms with E-state index in [4.69, 9.17) is 0 Å². The molecule has 1 aromatic rings. The minimum atomic E-state index is -0.148. The van der Waals surface area contributed by atoms with E-state index in [0.717, 1.165) is 25.8 Å². The summed E-state index contributed by atoms with van der Waals surface area (Å²) in [6, 6.07) is 6.70. The molecule has 0 aromatic heterocycles. The Bertz CT molecular complexity index is 362. The largest absolute Gasteiger partial charge is 0.392 e. The van der Waals surface area contributed by atoms with Crippen LogP contribution in [-0.4, -0.2) is 17.3 Å². The number of hydrogen-bond donors (Lipinski definition) is 2. The zero-order chi connectivity index (χ0) is 11.5. The molecule has 0 radical (unpaired) electrons. The number of aryl methyl sites for hydroxylation is 1. The third kappa shape index (κ3) is 2.45. The molecule has 1 saturated carbocycles. The van der Waals surface area contributed by atoms with Crippen molar-refractivity contribution in [1.82, 2.24) is 5.32 Å². The Balaban J connectivity index is 1.96. The highest BCUT2D eigenvalue weighted by Gasteiger charge is 2.24. The van der Waals surface area contributed by atoms with Crippen molar-refractivity contribution in [1.29, 1.82) is 0 Å². The van der Waals surface area contributed by atoms with Crippen LogP contribution in [0, 0.1) is 13.8 Å². The highest BCUT2D eigenvalue weighted by atomic mass is 16.3. The zero-order valence-corrected chi connectivity index (χ0v) is 10.2. The molecule has 2 N–H and O–H groups in total. The average Bonchev–Trinajstić information content (AvgIpc) is 2.67. The van der Waals surface area contributed by atoms with Crippen LogP contribution in [-0.2, 0) is 6.54 Å². The normalized spacial score (nSPS) is 24.9. The summed E-state index contributed by atoms with van der Waals surface area (Å²) in [5.74, 6) is 0. The average molecular weight is 219 g/mol. The second kappa shape index (κ2) is 4.98. The van der Waals surface area contributed by atoms with Crippen LogP contribution in [0.2, 0.25) is 0 Å². The summed E-state index contributed by atoms with van der Waals surface area (Å²) in [4.78, 5) is 0. The van der Waals surface area contributed by atoms with Gasteiger partial charge in [-0.15, -0.1) is 0 Å². The maximum Gasteiger partial charge on any atom is 0.0693 e. The molecule has 2 unspecified atom stereocenters. The van der Waals surface area contributed by atoms with E-state index < -0.39 is 0 Å². The van der Waals surface area contributed by atoms with E-state index >= 15 is 0 Å². The molecule has 16 heavy (non-hydrogen) atoms. The number of aliphatic hydroxyl groups is 1. The Morgan fingerprint density at radius 3 is 2.81 bits per heavy atom. The molecule has 2 heteroatoms. The predicted molar refractivity (Wildman–Crippen MR) is 66.4 cm³/mol. The van der Waals surface area contributed by atoms with E-state index in [9.17, 15) is 5.11 Å². The Labute approximate surface area is 97.7 Å². The van der Waals surface area contributed by atoms with Crippen molar-refractivity contribution < 1.29 is 5.11 Å². The first kappa shape index (κ1) is 11.6. The van der Waals surface area contributed by atoms with Crippen LogP contribution in [0.5, 0.6) is 0 Å². The van der Waals surface area contributed by atoms with Crippen molar-refractivity contribution in [3.63, 3.8) is 0 Å². The molecule has 0 spiro atoms. The van der Waals surface area contributed by atoms with Gasteiger partial charge in [0.2, 0.25) is 0 Å². The van der Waals surface area contributed by atoms with Gasteiger partial charge in [0.05, 0.1) is 6.10 Å². The third-order valence-electron chi connectivity index (χ3n) is 3.75. The predicted octanol–water partition coefficient (Wildman–Crippen LogP) is 2.31. The highest BCUT2D eigenvalue weighted by Crippen LogP contribution is 2.20. The first-order valence-electron chi connectivity index (χ1n) is 6.15. The van der Waals surface area contributed by atoms with Crippen LogP contribution < -0.4 is 5.32 Å². The van der Waals surface area contributed by atoms with E-state index in [1.54, 1.807) is 0 Å². The van der Waals surface area contributed by atoms with Gasteiger partial charge in [0.25, 0.3) is 0 Å². The van der Waals surface area contributed by atoms with Gasteiger partial charge in [-0.25, -0.2) is 0 Å². The van der Waals surface area contributed by atoms with Gasteiger partial charge in [0.1, 0.15) is 0 Å². The van der Waals surface area contributed by atoms with E-state index in [0.29, 0.717) is 6.04 Å². The second-order valence-corrected chi connectivity index (χ2v) is 4.84. The van der Waals surface area contributed by atoms with E-state index in [1.165, 1.54) is 16.7 Å². The topological polar surface area (TPSA) is 32.3 Å². The van der Waals surface area contributed by atoms with Crippen LogP contribution in [0.15, 0.2) is 18.2 Å². The Kier molecular flexibility index (Phi) is 3.62. The molecule has 2 atom stereocenters. The molecule has 0 bridgehead atoms. The van der Waals surface area contributed by atoms with Crippen molar-refractivity contribution in [2.75, 3.05) is 0 Å². The maximum absolute atomic E-state index is 9.73. The molecule has 0 saturated heterocycles. The standard InChI is InChI=1S/C14H21NO/c1-10-5-3-6-12(11(10)2)9-15-13-7-4-8-14(13)16/h3,5-6,13-16H,4,7-9H2,1-2H3. The van der Waals surface area contributed by atoms with Gasteiger partial charge in [-0.1, -0.05) is 18.2 Å². The fourth-order valence-electron chi connectivity index (χ4n) is 2.42. The van der Waals surface area contributed by atoms with Gasteiger partial charge in [-0.05, 0) is 49.8 Å². The van der Waals surface area contributed by atoms with Crippen molar-refractivity contribution >= 4 is 0 Å². The van der Waals surface area contributed by atoms with Gasteiger partial charge in [-0.3, -0.25) is 0 Å². The molecule has 2 rings (SSSR count). The minimum absolute atomic E-state index is 0.148. The lowest BCUT2D eigenvalue weighted by Gasteiger charge is -2.17. The Morgan fingerprint density at radius 1 is 1.31 bits per heavy atom. The van der Waals surface area contributed by atoms with Crippen LogP contribution in [0.3, 0.4) is 0 Å². The van der Waals surface area contributed by atoms with Crippen molar-refractivity contribution in [3.8, 4) is 0 Å². The second-order valence-electron chi connectivity index (χ2n) is 4.84. The highest BCUT2D eigenvalue weighted by molar-refractivity contribution is 5.32. The summed E-state index contributed by atoms with van der Waals surface area (Å²) in [6.45, 7) is 5.18. The van der Waals surface area contributed by atoms with Crippen LogP contribution in [0.25, 0.3) is 0 Å². The van der Waals surface area contributed by atoms with Gasteiger partial charge in [-0.2, -0.15) is 0 Å². The third-order valence-corrected chi connectivity index (χ3v) is 3.75. The summed E-state index contributed by atoms with van der Waals surface area (Å²) in [6.07, 6.45) is 3.05. The van der Waals surface area contributed by atoms with Gasteiger partial charge in [0, 0.05) is 12.6 Å². The van der Waals surface area contributed by atoms with Crippen LogP contribution in [0.1, 0.15) is 36.0 Å². The number of nitrogens with one attached hydrogen (secondary N) is 1. The molecule has 1 aliphatic rings. The van der Waals surface area contributed by atoms with Gasteiger partial charge in [0.15, 0.2) is 0 Å². The quantitative estimate of drug-likeness (QED) is 0.817. The SMILES string of the molecule is Cc1cccc(CNC2CCCC2O)c1C. The minimum Gasteiger partial charge on any atom is -0.392 e. The lowest BCUT2D eigenvalue weighted by molar-refractivity contribution is 0.148. The first-order valence-corrected chi connectivity index (χ1v) is 6.15. The smallest absolute Gasteiger partial charge is 0.0693 e. The molecule has 1 fully saturated rings. The summed E-state index contributed by atoms with van der Waals surface area (Å²) >= 11 is 0. The molecule has 1 aliphatic carbocycles. The van der Waals surface area contributed by atoms with E-state index in [1.807, 2.05) is 0 Å². The lowest BCUT2D eigenvalue weighted by Crippen LogP contribution is -2.35. The molecule has 0 aliphatic heterocycles. The number of rotatable bonds is 3. The molecule has 0 heterocycles. The Hall–Kier alpha value is -0.860. The molecule has 0 amide bonds. The molecule has 88 valence electrons.